The van der Waals surface area contributed by atoms with E-state index < -0.39 is 18.0 Å². The first-order valence-electron chi connectivity index (χ1n) is 8.85. The highest BCUT2D eigenvalue weighted by Crippen LogP contribution is 2.32. The minimum Gasteiger partial charge on any atom is -0.486 e. The molecule has 4 rings (SSSR count). The van der Waals surface area contributed by atoms with Crippen LogP contribution < -0.4 is 20.1 Å². The van der Waals surface area contributed by atoms with Gasteiger partial charge >= 0.3 is 12.0 Å². The number of fused-ring (bicyclic) bond motifs is 2. The fourth-order valence-electron chi connectivity index (χ4n) is 3.17. The van der Waals surface area contributed by atoms with E-state index >= 15 is 0 Å². The first-order chi connectivity index (χ1) is 13.6. The number of ether oxygens (including phenoxy) is 2. The molecule has 1 atom stereocenters. The molecule has 28 heavy (non-hydrogen) atoms. The molecule has 3 aromatic rings. The molecule has 2 amide bonds. The summed E-state index contributed by atoms with van der Waals surface area (Å²) in [5, 5.41) is 15.6. The van der Waals surface area contributed by atoms with Crippen molar-refractivity contribution in [3.8, 4) is 11.5 Å². The van der Waals surface area contributed by atoms with Gasteiger partial charge in [-0.3, -0.25) is 0 Å². The number of amides is 2. The van der Waals surface area contributed by atoms with Crippen LogP contribution in [0.1, 0.15) is 5.56 Å². The molecule has 1 aliphatic heterocycles. The molecular formula is C20H19N3O5. The second kappa shape index (κ2) is 7.51. The summed E-state index contributed by atoms with van der Waals surface area (Å²) in [5.74, 6) is 0.0418. The van der Waals surface area contributed by atoms with E-state index in [9.17, 15) is 14.7 Å². The Morgan fingerprint density at radius 2 is 1.89 bits per heavy atom. The van der Waals surface area contributed by atoms with Crippen LogP contribution >= 0.6 is 0 Å². The summed E-state index contributed by atoms with van der Waals surface area (Å²) in [6.07, 6.45) is 1.93. The molecule has 1 aliphatic rings. The van der Waals surface area contributed by atoms with Gasteiger partial charge in [-0.25, -0.2) is 9.59 Å². The highest BCUT2D eigenvalue weighted by Gasteiger charge is 2.22. The predicted octanol–water partition coefficient (Wildman–Crippen LogP) is 2.76. The van der Waals surface area contributed by atoms with Crippen LogP contribution in [-0.4, -0.2) is 41.3 Å². The smallest absolute Gasteiger partial charge is 0.326 e. The van der Waals surface area contributed by atoms with Gasteiger partial charge in [-0.05, 0) is 23.8 Å². The normalized spacial score (nSPS) is 13.7. The number of carboxylic acids is 1. The molecule has 0 spiro atoms. The summed E-state index contributed by atoms with van der Waals surface area (Å²) in [6, 6.07) is 10.9. The molecule has 2 heterocycles. The SMILES string of the molecule is O=C(Nc1ccc2c(c1)OCCO2)N[C@H](Cc1c[nH]c2ccccc12)C(=O)O. The molecule has 0 bridgehead atoms. The number of aromatic nitrogens is 1. The molecule has 4 N–H and O–H groups in total. The Bertz CT molecular complexity index is 1030. The Morgan fingerprint density at radius 1 is 1.11 bits per heavy atom. The average molecular weight is 381 g/mol. The van der Waals surface area contributed by atoms with Gasteiger partial charge in [0.05, 0.1) is 0 Å². The number of hydrogen-bond donors (Lipinski definition) is 4. The summed E-state index contributed by atoms with van der Waals surface area (Å²) >= 11 is 0. The zero-order valence-corrected chi connectivity index (χ0v) is 14.9. The van der Waals surface area contributed by atoms with E-state index in [1.54, 1.807) is 24.4 Å². The number of carboxylic acid groups (broad SMARTS) is 1. The highest BCUT2D eigenvalue weighted by molar-refractivity contribution is 5.93. The predicted molar refractivity (Wildman–Crippen MR) is 103 cm³/mol. The molecule has 8 nitrogen and oxygen atoms in total. The maximum atomic E-state index is 12.3. The molecule has 2 aromatic carbocycles. The second-order valence-electron chi connectivity index (χ2n) is 6.41. The van der Waals surface area contributed by atoms with Gasteiger partial charge in [0.25, 0.3) is 0 Å². The van der Waals surface area contributed by atoms with Crippen molar-refractivity contribution in [1.29, 1.82) is 0 Å². The van der Waals surface area contributed by atoms with Gasteiger partial charge in [-0.1, -0.05) is 18.2 Å². The van der Waals surface area contributed by atoms with Crippen molar-refractivity contribution in [2.75, 3.05) is 18.5 Å². The van der Waals surface area contributed by atoms with Crippen LogP contribution in [0.4, 0.5) is 10.5 Å². The zero-order valence-electron chi connectivity index (χ0n) is 14.9. The summed E-state index contributed by atoms with van der Waals surface area (Å²) in [7, 11) is 0. The van der Waals surface area contributed by atoms with Crippen molar-refractivity contribution in [3.05, 3.63) is 54.2 Å². The van der Waals surface area contributed by atoms with Crippen molar-refractivity contribution in [2.45, 2.75) is 12.5 Å². The fourth-order valence-corrected chi connectivity index (χ4v) is 3.17. The number of rotatable bonds is 5. The number of aromatic amines is 1. The number of hydrogen-bond acceptors (Lipinski definition) is 4. The molecule has 1 aromatic heterocycles. The number of anilines is 1. The lowest BCUT2D eigenvalue weighted by atomic mass is 10.1. The van der Waals surface area contributed by atoms with E-state index in [-0.39, 0.29) is 6.42 Å². The molecule has 0 saturated carbocycles. The Morgan fingerprint density at radius 3 is 2.71 bits per heavy atom. The van der Waals surface area contributed by atoms with E-state index in [0.717, 1.165) is 16.5 Å². The maximum absolute atomic E-state index is 12.3. The van der Waals surface area contributed by atoms with Crippen molar-refractivity contribution in [3.63, 3.8) is 0 Å². The third kappa shape index (κ3) is 3.71. The average Bonchev–Trinajstić information content (AvgIpc) is 3.10. The third-order valence-electron chi connectivity index (χ3n) is 4.50. The first kappa shape index (κ1) is 17.7. The number of H-pyrrole nitrogens is 1. The summed E-state index contributed by atoms with van der Waals surface area (Å²) in [5.41, 5.74) is 2.22. The van der Waals surface area contributed by atoms with Gasteiger partial charge < -0.3 is 30.2 Å². The summed E-state index contributed by atoms with van der Waals surface area (Å²) in [6.45, 7) is 0.919. The fraction of sp³-hybridized carbons (Fsp3) is 0.200. The lowest BCUT2D eigenvalue weighted by Crippen LogP contribution is -2.44. The number of nitrogens with one attached hydrogen (secondary N) is 3. The number of urea groups is 1. The number of aliphatic carboxylic acids is 1. The quantitative estimate of drug-likeness (QED) is 0.543. The van der Waals surface area contributed by atoms with Crippen LogP contribution in [0.25, 0.3) is 10.9 Å². The van der Waals surface area contributed by atoms with Gasteiger partial charge in [0.2, 0.25) is 0 Å². The third-order valence-corrected chi connectivity index (χ3v) is 4.50. The van der Waals surface area contributed by atoms with E-state index in [1.807, 2.05) is 24.3 Å². The van der Waals surface area contributed by atoms with Crippen LogP contribution in [0.15, 0.2) is 48.7 Å². The molecule has 8 heteroatoms. The topological polar surface area (TPSA) is 113 Å². The minimum absolute atomic E-state index is 0.161. The Hall–Kier alpha value is -3.68. The summed E-state index contributed by atoms with van der Waals surface area (Å²) < 4.78 is 10.9. The van der Waals surface area contributed by atoms with E-state index in [4.69, 9.17) is 9.47 Å². The van der Waals surface area contributed by atoms with Crippen molar-refractivity contribution in [1.82, 2.24) is 10.3 Å². The standard InChI is InChI=1S/C20H19N3O5/c24-19(25)16(9-12-11-21-15-4-2-1-3-14(12)15)23-20(26)22-13-5-6-17-18(10-13)28-8-7-27-17/h1-6,10-11,16,21H,7-9H2,(H,24,25)(H2,22,23,26)/t16-/m1/s1. The van der Waals surface area contributed by atoms with Crippen molar-refractivity contribution < 1.29 is 24.2 Å². The van der Waals surface area contributed by atoms with Crippen molar-refractivity contribution in [2.24, 2.45) is 0 Å². The van der Waals surface area contributed by atoms with E-state index in [1.165, 1.54) is 0 Å². The Balaban J connectivity index is 1.44. The van der Waals surface area contributed by atoms with Crippen LogP contribution in [0.3, 0.4) is 0 Å². The number of carbonyl (C=O) groups excluding carboxylic acids is 1. The van der Waals surface area contributed by atoms with Crippen LogP contribution in [0, 0.1) is 0 Å². The van der Waals surface area contributed by atoms with Crippen molar-refractivity contribution >= 4 is 28.6 Å². The first-order valence-corrected chi connectivity index (χ1v) is 8.85. The Kier molecular flexibility index (Phi) is 4.76. The molecule has 0 fully saturated rings. The van der Waals surface area contributed by atoms with Gasteiger partial charge in [-0.15, -0.1) is 0 Å². The van der Waals surface area contributed by atoms with Crippen LogP contribution in [0.5, 0.6) is 11.5 Å². The number of carbonyl (C=O) groups is 2. The zero-order chi connectivity index (χ0) is 19.5. The molecule has 0 radical (unpaired) electrons. The molecule has 0 unspecified atom stereocenters. The van der Waals surface area contributed by atoms with Gasteiger partial charge in [0.15, 0.2) is 11.5 Å². The molecule has 0 aliphatic carbocycles. The minimum atomic E-state index is -1.11. The number of benzene rings is 2. The van der Waals surface area contributed by atoms with E-state index in [2.05, 4.69) is 15.6 Å². The van der Waals surface area contributed by atoms with Crippen LogP contribution in [0.2, 0.25) is 0 Å². The van der Waals surface area contributed by atoms with Gasteiger partial charge in [0.1, 0.15) is 19.3 Å². The van der Waals surface area contributed by atoms with Crippen LogP contribution in [-0.2, 0) is 11.2 Å². The molecule has 0 saturated heterocycles. The van der Waals surface area contributed by atoms with Gasteiger partial charge in [-0.2, -0.15) is 0 Å². The van der Waals surface area contributed by atoms with E-state index in [0.29, 0.717) is 30.4 Å². The number of para-hydroxylation sites is 1. The lowest BCUT2D eigenvalue weighted by Gasteiger charge is -2.19. The molecular weight excluding hydrogens is 362 g/mol. The maximum Gasteiger partial charge on any atom is 0.326 e. The monoisotopic (exact) mass is 381 g/mol. The Labute approximate surface area is 160 Å². The lowest BCUT2D eigenvalue weighted by molar-refractivity contribution is -0.139. The molecule has 144 valence electrons. The second-order valence-corrected chi connectivity index (χ2v) is 6.41. The summed E-state index contributed by atoms with van der Waals surface area (Å²) in [4.78, 5) is 27.1. The largest absolute Gasteiger partial charge is 0.486 e. The van der Waals surface area contributed by atoms with Gasteiger partial charge in [0, 0.05) is 35.3 Å². The highest BCUT2D eigenvalue weighted by atomic mass is 16.6.